The maximum absolute atomic E-state index is 14.6. The smallest absolute Gasteiger partial charge is 0.223 e. The van der Waals surface area contributed by atoms with Gasteiger partial charge in [0, 0.05) is 42.2 Å². The summed E-state index contributed by atoms with van der Waals surface area (Å²) in [4.78, 5) is 14.6. The molecule has 1 aromatic rings. The second-order valence-corrected chi connectivity index (χ2v) is 7.75. The molecule has 0 radical (unpaired) electrons. The minimum absolute atomic E-state index is 0.00304. The lowest BCUT2D eigenvalue weighted by molar-refractivity contribution is -0.125. The third-order valence-corrected chi connectivity index (χ3v) is 5.69. The molecule has 2 aliphatic rings. The zero-order chi connectivity index (χ0) is 18.7. The summed E-state index contributed by atoms with van der Waals surface area (Å²) in [5.74, 6) is -0.402. The first-order chi connectivity index (χ1) is 12.5. The van der Waals surface area contributed by atoms with Crippen molar-refractivity contribution >= 4 is 17.5 Å². The minimum atomic E-state index is -0.348. The van der Waals surface area contributed by atoms with Crippen molar-refractivity contribution in [2.45, 2.75) is 44.4 Å². The molecule has 144 valence electrons. The first-order valence-corrected chi connectivity index (χ1v) is 9.66. The Kier molecular flexibility index (Phi) is 6.51. The fourth-order valence-corrected chi connectivity index (χ4v) is 4.26. The Morgan fingerprint density at radius 1 is 1.50 bits per heavy atom. The molecule has 5 nitrogen and oxygen atoms in total. The monoisotopic (exact) mass is 383 g/mol. The zero-order valence-corrected chi connectivity index (χ0v) is 15.8. The van der Waals surface area contributed by atoms with E-state index in [1.807, 2.05) is 6.92 Å². The number of hydrogen-bond acceptors (Lipinski definition) is 4. The number of carbonyl (C=O) groups is 1. The third kappa shape index (κ3) is 4.55. The van der Waals surface area contributed by atoms with Crippen molar-refractivity contribution in [3.63, 3.8) is 0 Å². The minimum Gasteiger partial charge on any atom is -0.376 e. The predicted octanol–water partition coefficient (Wildman–Crippen LogP) is 2.48. The molecule has 0 unspecified atom stereocenters. The highest BCUT2D eigenvalue weighted by Gasteiger charge is 2.32. The number of nitrogens with one attached hydrogen (secondary N) is 1. The Bertz CT molecular complexity index is 625. The molecule has 26 heavy (non-hydrogen) atoms. The van der Waals surface area contributed by atoms with Crippen LogP contribution in [0, 0.1) is 11.7 Å². The summed E-state index contributed by atoms with van der Waals surface area (Å²) in [6.45, 7) is 4.22. The first kappa shape index (κ1) is 19.5. The lowest BCUT2D eigenvalue weighted by atomic mass is 10.0. The van der Waals surface area contributed by atoms with Gasteiger partial charge in [0.25, 0.3) is 0 Å². The molecule has 1 aromatic carbocycles. The molecule has 0 aromatic heterocycles. The highest BCUT2D eigenvalue weighted by atomic mass is 35.5. The summed E-state index contributed by atoms with van der Waals surface area (Å²) in [6, 6.07) is 4.47. The van der Waals surface area contributed by atoms with Crippen LogP contribution >= 0.6 is 11.6 Å². The molecule has 1 heterocycles. The molecule has 1 saturated heterocycles. The number of amides is 1. The number of rotatable bonds is 5. The lowest BCUT2D eigenvalue weighted by Gasteiger charge is -2.38. The second-order valence-electron chi connectivity index (χ2n) is 7.34. The molecule has 0 bridgehead atoms. The van der Waals surface area contributed by atoms with Gasteiger partial charge in [-0.05, 0) is 38.3 Å². The number of nitrogens with two attached hydrogens (primary N) is 1. The van der Waals surface area contributed by atoms with Gasteiger partial charge in [-0.25, -0.2) is 4.39 Å². The highest BCUT2D eigenvalue weighted by molar-refractivity contribution is 6.31. The second kappa shape index (κ2) is 8.65. The highest BCUT2D eigenvalue weighted by Crippen LogP contribution is 2.31. The Balaban J connectivity index is 1.76. The van der Waals surface area contributed by atoms with Gasteiger partial charge in [-0.1, -0.05) is 17.7 Å². The fraction of sp³-hybridized carbons (Fsp3) is 0.632. The van der Waals surface area contributed by atoms with E-state index in [0.29, 0.717) is 43.2 Å². The molecular formula is C19H27ClFN3O2. The van der Waals surface area contributed by atoms with E-state index in [0.717, 1.165) is 12.8 Å². The molecule has 3 N–H and O–H groups in total. The van der Waals surface area contributed by atoms with Crippen molar-refractivity contribution in [1.82, 2.24) is 10.2 Å². The van der Waals surface area contributed by atoms with Crippen LogP contribution < -0.4 is 11.1 Å². The third-order valence-electron chi connectivity index (χ3n) is 5.36. The lowest BCUT2D eigenvalue weighted by Crippen LogP contribution is -2.47. The molecule has 1 saturated carbocycles. The SMILES string of the molecule is C[C@@H]1CN([C@H](CNC(=O)[C@@H]2CC[C@@H](N)C2)c2c(F)cccc2Cl)CCO1. The van der Waals surface area contributed by atoms with E-state index in [9.17, 15) is 9.18 Å². The van der Waals surface area contributed by atoms with Crippen molar-refractivity contribution in [1.29, 1.82) is 0 Å². The summed E-state index contributed by atoms with van der Waals surface area (Å²) in [5.41, 5.74) is 6.35. The van der Waals surface area contributed by atoms with Gasteiger partial charge in [-0.3, -0.25) is 9.69 Å². The standard InChI is InChI=1S/C19H27ClFN3O2/c1-12-11-24(7-8-26-12)17(18-15(20)3-2-4-16(18)21)10-23-19(25)13-5-6-14(22)9-13/h2-4,12-14,17H,5-11,22H2,1H3,(H,23,25)/t12-,13-,14-,17-/m1/s1. The van der Waals surface area contributed by atoms with Crippen molar-refractivity contribution in [3.05, 3.63) is 34.6 Å². The number of benzene rings is 1. The maximum atomic E-state index is 14.6. The van der Waals surface area contributed by atoms with E-state index in [1.54, 1.807) is 12.1 Å². The molecule has 1 aliphatic heterocycles. The predicted molar refractivity (Wildman–Crippen MR) is 99.5 cm³/mol. The van der Waals surface area contributed by atoms with Gasteiger partial charge in [0.05, 0.1) is 18.8 Å². The largest absolute Gasteiger partial charge is 0.376 e. The number of halogens is 2. The first-order valence-electron chi connectivity index (χ1n) is 9.28. The maximum Gasteiger partial charge on any atom is 0.223 e. The van der Waals surface area contributed by atoms with Crippen LogP contribution in [0.2, 0.25) is 5.02 Å². The van der Waals surface area contributed by atoms with Gasteiger partial charge in [0.1, 0.15) is 5.82 Å². The van der Waals surface area contributed by atoms with Gasteiger partial charge < -0.3 is 15.8 Å². The quantitative estimate of drug-likeness (QED) is 0.819. The molecule has 4 atom stereocenters. The molecule has 0 spiro atoms. The van der Waals surface area contributed by atoms with Crippen molar-refractivity contribution in [2.24, 2.45) is 11.7 Å². The number of ether oxygens (including phenoxy) is 1. The van der Waals surface area contributed by atoms with Crippen LogP contribution in [0.4, 0.5) is 4.39 Å². The van der Waals surface area contributed by atoms with Gasteiger partial charge in [-0.15, -0.1) is 0 Å². The number of carbonyl (C=O) groups excluding carboxylic acids is 1. The Labute approximate surface area is 159 Å². The molecule has 1 amide bonds. The summed E-state index contributed by atoms with van der Waals surface area (Å²) >= 11 is 6.31. The summed E-state index contributed by atoms with van der Waals surface area (Å²) in [5, 5.41) is 3.39. The number of nitrogens with zero attached hydrogens (tertiary/aromatic N) is 1. The van der Waals surface area contributed by atoms with Crippen molar-refractivity contribution in [3.8, 4) is 0 Å². The van der Waals surface area contributed by atoms with Crippen LogP contribution in [0.1, 0.15) is 37.8 Å². The number of morpholine rings is 1. The van der Waals surface area contributed by atoms with Crippen LogP contribution in [0.3, 0.4) is 0 Å². The summed E-state index contributed by atoms with van der Waals surface area (Å²) < 4.78 is 20.2. The molecule has 2 fully saturated rings. The zero-order valence-electron chi connectivity index (χ0n) is 15.1. The van der Waals surface area contributed by atoms with Crippen LogP contribution in [-0.4, -0.2) is 49.2 Å². The van der Waals surface area contributed by atoms with Crippen LogP contribution in [0.25, 0.3) is 0 Å². The number of hydrogen-bond donors (Lipinski definition) is 2. The Morgan fingerprint density at radius 3 is 2.96 bits per heavy atom. The van der Waals surface area contributed by atoms with Crippen LogP contribution in [0.15, 0.2) is 18.2 Å². The normalized spacial score (nSPS) is 28.1. The van der Waals surface area contributed by atoms with E-state index in [-0.39, 0.29) is 35.8 Å². The van der Waals surface area contributed by atoms with E-state index >= 15 is 0 Å². The average molecular weight is 384 g/mol. The van der Waals surface area contributed by atoms with Crippen LogP contribution in [0.5, 0.6) is 0 Å². The van der Waals surface area contributed by atoms with E-state index in [4.69, 9.17) is 22.1 Å². The van der Waals surface area contributed by atoms with Gasteiger partial charge in [0.15, 0.2) is 0 Å². The van der Waals surface area contributed by atoms with E-state index in [1.165, 1.54) is 6.07 Å². The summed E-state index contributed by atoms with van der Waals surface area (Å²) in [6.07, 6.45) is 2.46. The molecular weight excluding hydrogens is 357 g/mol. The fourth-order valence-electron chi connectivity index (χ4n) is 3.97. The average Bonchev–Trinajstić information content (AvgIpc) is 3.03. The molecule has 1 aliphatic carbocycles. The van der Waals surface area contributed by atoms with Crippen molar-refractivity contribution in [2.75, 3.05) is 26.2 Å². The van der Waals surface area contributed by atoms with Crippen molar-refractivity contribution < 1.29 is 13.9 Å². The van der Waals surface area contributed by atoms with E-state index in [2.05, 4.69) is 10.2 Å². The van der Waals surface area contributed by atoms with Gasteiger partial charge in [-0.2, -0.15) is 0 Å². The summed E-state index contributed by atoms with van der Waals surface area (Å²) in [7, 11) is 0. The van der Waals surface area contributed by atoms with E-state index < -0.39 is 0 Å². The molecule has 7 heteroatoms. The Hall–Kier alpha value is -1.21. The Morgan fingerprint density at radius 2 is 2.31 bits per heavy atom. The molecule has 3 rings (SSSR count). The van der Waals surface area contributed by atoms with Crippen LogP contribution in [-0.2, 0) is 9.53 Å². The van der Waals surface area contributed by atoms with Gasteiger partial charge in [0.2, 0.25) is 5.91 Å². The topological polar surface area (TPSA) is 67.6 Å². The van der Waals surface area contributed by atoms with Gasteiger partial charge >= 0.3 is 0 Å².